The van der Waals surface area contributed by atoms with E-state index in [4.69, 9.17) is 4.74 Å². The van der Waals surface area contributed by atoms with Crippen LogP contribution in [0.1, 0.15) is 36.2 Å². The van der Waals surface area contributed by atoms with Crippen LogP contribution in [0.15, 0.2) is 18.2 Å². The second kappa shape index (κ2) is 7.37. The van der Waals surface area contributed by atoms with E-state index >= 15 is 0 Å². The average molecular weight is 294 g/mol. The Labute approximate surface area is 122 Å². The van der Waals surface area contributed by atoms with E-state index in [1.54, 1.807) is 0 Å². The molecule has 0 aliphatic carbocycles. The van der Waals surface area contributed by atoms with Crippen molar-refractivity contribution in [3.63, 3.8) is 0 Å². The van der Waals surface area contributed by atoms with Crippen molar-refractivity contribution in [2.24, 2.45) is 0 Å². The van der Waals surface area contributed by atoms with Crippen molar-refractivity contribution in [2.75, 3.05) is 6.61 Å². The summed E-state index contributed by atoms with van der Waals surface area (Å²) in [6.45, 7) is 4.81. The molecule has 0 saturated carbocycles. The van der Waals surface area contributed by atoms with E-state index in [1.807, 2.05) is 13.8 Å². The van der Waals surface area contributed by atoms with E-state index < -0.39 is 23.4 Å². The molecule has 1 aromatic rings. The van der Waals surface area contributed by atoms with Gasteiger partial charge in [-0.25, -0.2) is 4.79 Å². The summed E-state index contributed by atoms with van der Waals surface area (Å²) < 4.78 is 4.88. The lowest BCUT2D eigenvalue weighted by Crippen LogP contribution is -2.35. The molecule has 0 spiro atoms. The average Bonchev–Trinajstić information content (AvgIpc) is 2.44. The van der Waals surface area contributed by atoms with E-state index in [1.165, 1.54) is 25.1 Å². The zero-order valence-electron chi connectivity index (χ0n) is 12.2. The number of hydrogen-bond acceptors (Lipinski definition) is 5. The van der Waals surface area contributed by atoms with Gasteiger partial charge >= 0.3 is 5.97 Å². The molecule has 114 valence electrons. The number of nitrogens with one attached hydrogen (secondary N) is 1. The van der Waals surface area contributed by atoms with Crippen LogP contribution in [-0.4, -0.2) is 29.4 Å². The number of ether oxygens (including phenoxy) is 1. The second-order valence-corrected chi connectivity index (χ2v) is 4.66. The highest BCUT2D eigenvalue weighted by Crippen LogP contribution is 2.21. The highest BCUT2D eigenvalue weighted by Gasteiger charge is 2.19. The molecule has 0 saturated heterocycles. The van der Waals surface area contributed by atoms with Crippen LogP contribution in [0.3, 0.4) is 0 Å². The number of nitro groups is 1. The summed E-state index contributed by atoms with van der Waals surface area (Å²) in [5, 5.41) is 13.5. The molecule has 0 unspecified atom stereocenters. The van der Waals surface area contributed by atoms with Gasteiger partial charge in [0.15, 0.2) is 6.61 Å². The van der Waals surface area contributed by atoms with Gasteiger partial charge in [-0.05, 0) is 26.3 Å². The molecule has 21 heavy (non-hydrogen) atoms. The summed E-state index contributed by atoms with van der Waals surface area (Å²) in [5.74, 6) is -1.16. The van der Waals surface area contributed by atoms with Crippen LogP contribution < -0.4 is 5.32 Å². The lowest BCUT2D eigenvalue weighted by atomic mass is 10.1. The molecule has 1 N–H and O–H groups in total. The van der Waals surface area contributed by atoms with Crippen LogP contribution in [0.4, 0.5) is 5.69 Å². The van der Waals surface area contributed by atoms with Gasteiger partial charge in [-0.15, -0.1) is 0 Å². The predicted octanol–water partition coefficient (Wildman–Crippen LogP) is 1.97. The molecule has 0 aromatic heterocycles. The third-order valence-corrected chi connectivity index (χ3v) is 3.08. The molecule has 1 amide bonds. The van der Waals surface area contributed by atoms with E-state index in [9.17, 15) is 19.7 Å². The Balaban J connectivity index is 2.71. The standard InChI is InChI=1S/C14H18N2O5/c1-4-9(2)15-13(17)8-21-14(18)11-6-5-7-12(10(11)3)16(19)20/h5-7,9H,4,8H2,1-3H3,(H,15,17)/t9-/m1/s1. The first kappa shape index (κ1) is 16.6. The number of rotatable bonds is 6. The maximum Gasteiger partial charge on any atom is 0.339 e. The zero-order valence-corrected chi connectivity index (χ0v) is 12.2. The second-order valence-electron chi connectivity index (χ2n) is 4.66. The third kappa shape index (κ3) is 4.55. The summed E-state index contributed by atoms with van der Waals surface area (Å²) in [7, 11) is 0. The first-order valence-corrected chi connectivity index (χ1v) is 6.57. The predicted molar refractivity (Wildman–Crippen MR) is 76.0 cm³/mol. The summed E-state index contributed by atoms with van der Waals surface area (Å²) in [5.41, 5.74) is 0.142. The zero-order chi connectivity index (χ0) is 16.0. The third-order valence-electron chi connectivity index (χ3n) is 3.08. The molecular formula is C14H18N2O5. The van der Waals surface area contributed by atoms with Crippen molar-refractivity contribution >= 4 is 17.6 Å². The maximum absolute atomic E-state index is 11.9. The fourth-order valence-electron chi connectivity index (χ4n) is 1.67. The highest BCUT2D eigenvalue weighted by atomic mass is 16.6. The molecule has 7 heteroatoms. The van der Waals surface area contributed by atoms with Gasteiger partial charge in [-0.1, -0.05) is 13.0 Å². The molecule has 1 aromatic carbocycles. The van der Waals surface area contributed by atoms with Crippen LogP contribution in [-0.2, 0) is 9.53 Å². The fourth-order valence-corrected chi connectivity index (χ4v) is 1.67. The Hall–Kier alpha value is -2.44. The van der Waals surface area contributed by atoms with Crippen molar-refractivity contribution in [1.29, 1.82) is 0 Å². The SMILES string of the molecule is CC[C@@H](C)NC(=O)COC(=O)c1cccc([N+](=O)[O-])c1C. The van der Waals surface area contributed by atoms with Crippen LogP contribution in [0.5, 0.6) is 0 Å². The Bertz CT molecular complexity index is 556. The van der Waals surface area contributed by atoms with Gasteiger partial charge in [-0.3, -0.25) is 14.9 Å². The molecule has 0 fully saturated rings. The first-order chi connectivity index (χ1) is 9.86. The minimum absolute atomic E-state index is 0.00393. The number of carbonyl (C=O) groups is 2. The maximum atomic E-state index is 11.9. The quantitative estimate of drug-likeness (QED) is 0.491. The van der Waals surface area contributed by atoms with E-state index in [-0.39, 0.29) is 22.9 Å². The molecule has 1 atom stereocenters. The van der Waals surface area contributed by atoms with E-state index in [0.29, 0.717) is 0 Å². The Morgan fingerprint density at radius 3 is 2.67 bits per heavy atom. The van der Waals surface area contributed by atoms with Crippen molar-refractivity contribution in [2.45, 2.75) is 33.2 Å². The van der Waals surface area contributed by atoms with Gasteiger partial charge < -0.3 is 10.1 Å². The van der Waals surface area contributed by atoms with Crippen LogP contribution >= 0.6 is 0 Å². The first-order valence-electron chi connectivity index (χ1n) is 6.57. The molecule has 0 radical (unpaired) electrons. The Morgan fingerprint density at radius 1 is 1.43 bits per heavy atom. The van der Waals surface area contributed by atoms with Crippen LogP contribution in [0.25, 0.3) is 0 Å². The molecule has 7 nitrogen and oxygen atoms in total. The number of amides is 1. The minimum atomic E-state index is -0.754. The molecule has 1 rings (SSSR count). The minimum Gasteiger partial charge on any atom is -0.452 e. The number of carbonyl (C=O) groups excluding carboxylic acids is 2. The van der Waals surface area contributed by atoms with Crippen LogP contribution in [0.2, 0.25) is 0 Å². The number of nitro benzene ring substituents is 1. The molecule has 0 aliphatic rings. The van der Waals surface area contributed by atoms with Crippen molar-refractivity contribution < 1.29 is 19.2 Å². The van der Waals surface area contributed by atoms with Crippen LogP contribution in [0, 0.1) is 17.0 Å². The normalized spacial score (nSPS) is 11.6. The molecular weight excluding hydrogens is 276 g/mol. The summed E-state index contributed by atoms with van der Waals surface area (Å²) >= 11 is 0. The fraction of sp³-hybridized carbons (Fsp3) is 0.429. The Kier molecular flexibility index (Phi) is 5.83. The van der Waals surface area contributed by atoms with Crippen molar-refractivity contribution in [3.05, 3.63) is 39.4 Å². The lowest BCUT2D eigenvalue weighted by molar-refractivity contribution is -0.385. The van der Waals surface area contributed by atoms with Gasteiger partial charge in [0.05, 0.1) is 10.5 Å². The molecule has 0 aliphatic heterocycles. The van der Waals surface area contributed by atoms with E-state index in [0.717, 1.165) is 6.42 Å². The largest absolute Gasteiger partial charge is 0.452 e. The van der Waals surface area contributed by atoms with Gasteiger partial charge in [0.25, 0.3) is 11.6 Å². The van der Waals surface area contributed by atoms with Crippen molar-refractivity contribution in [1.82, 2.24) is 5.32 Å². The summed E-state index contributed by atoms with van der Waals surface area (Å²) in [4.78, 5) is 33.6. The van der Waals surface area contributed by atoms with Gasteiger partial charge in [0.1, 0.15) is 0 Å². The summed E-state index contributed by atoms with van der Waals surface area (Å²) in [6.07, 6.45) is 0.768. The van der Waals surface area contributed by atoms with Gasteiger partial charge in [-0.2, -0.15) is 0 Å². The molecule has 0 heterocycles. The number of benzene rings is 1. The highest BCUT2D eigenvalue weighted by molar-refractivity contribution is 5.93. The Morgan fingerprint density at radius 2 is 2.10 bits per heavy atom. The van der Waals surface area contributed by atoms with E-state index in [2.05, 4.69) is 5.32 Å². The number of hydrogen-bond donors (Lipinski definition) is 1. The summed E-state index contributed by atoms with van der Waals surface area (Å²) in [6, 6.07) is 4.13. The van der Waals surface area contributed by atoms with Gasteiger partial charge in [0.2, 0.25) is 0 Å². The number of nitrogens with zero attached hydrogens (tertiary/aromatic N) is 1. The van der Waals surface area contributed by atoms with Crippen molar-refractivity contribution in [3.8, 4) is 0 Å². The smallest absolute Gasteiger partial charge is 0.339 e. The monoisotopic (exact) mass is 294 g/mol. The topological polar surface area (TPSA) is 98.5 Å². The number of esters is 1. The van der Waals surface area contributed by atoms with Gasteiger partial charge in [0, 0.05) is 17.7 Å². The lowest BCUT2D eigenvalue weighted by Gasteiger charge is -2.12. The molecule has 0 bridgehead atoms.